The number of fused-ring (bicyclic) bond motifs is 1. The van der Waals surface area contributed by atoms with E-state index in [1.165, 1.54) is 0 Å². The molecule has 0 atom stereocenters. The van der Waals surface area contributed by atoms with Crippen LogP contribution in [0.3, 0.4) is 0 Å². The molecule has 3 aromatic heterocycles. The molecule has 8 nitrogen and oxygen atoms in total. The van der Waals surface area contributed by atoms with E-state index in [0.29, 0.717) is 28.7 Å². The molecule has 0 unspecified atom stereocenters. The van der Waals surface area contributed by atoms with Gasteiger partial charge in [0.15, 0.2) is 11.2 Å². The van der Waals surface area contributed by atoms with Gasteiger partial charge in [0.25, 0.3) is 0 Å². The maximum atomic E-state index is 13.6. The molecule has 4 aromatic rings. The van der Waals surface area contributed by atoms with Crippen LogP contribution in [0.1, 0.15) is 25.3 Å². The lowest BCUT2D eigenvalue weighted by molar-refractivity contribution is 0.423. The highest BCUT2D eigenvalue weighted by molar-refractivity contribution is 6.30. The number of aromatic nitrogens is 5. The summed E-state index contributed by atoms with van der Waals surface area (Å²) in [7, 11) is 0. The summed E-state index contributed by atoms with van der Waals surface area (Å²) in [6.45, 7) is 2.50. The number of hydrogen-bond acceptors (Lipinski definition) is 6. The quantitative estimate of drug-likeness (QED) is 0.313. The third kappa shape index (κ3) is 4.16. The Kier molecular flexibility index (Phi) is 5.83. The molecule has 1 aliphatic carbocycles. The number of benzene rings is 1. The van der Waals surface area contributed by atoms with Crippen molar-refractivity contribution in [2.75, 3.05) is 4.90 Å². The first-order chi connectivity index (χ1) is 18.4. The van der Waals surface area contributed by atoms with Gasteiger partial charge in [0.05, 0.1) is 18.1 Å². The Bertz CT molecular complexity index is 1680. The minimum absolute atomic E-state index is 0.0601. The molecule has 2 aliphatic rings. The lowest BCUT2D eigenvalue weighted by Crippen LogP contribution is -2.30. The van der Waals surface area contributed by atoms with Crippen LogP contribution in [-0.2, 0) is 12.1 Å². The number of rotatable bonds is 6. The summed E-state index contributed by atoms with van der Waals surface area (Å²) in [5, 5.41) is 0.624. The van der Waals surface area contributed by atoms with Crippen LogP contribution < -0.4 is 15.2 Å². The number of aryl methyl sites for hydroxylation is 1. The van der Waals surface area contributed by atoms with Gasteiger partial charge in [-0.15, -0.1) is 0 Å². The predicted octanol–water partition coefficient (Wildman–Crippen LogP) is 5.29. The first-order valence-corrected chi connectivity index (χ1v) is 12.4. The minimum atomic E-state index is -1.00. The molecule has 38 heavy (non-hydrogen) atoms. The number of pyridine rings is 1. The molecule has 1 aliphatic heterocycles. The third-order valence-electron chi connectivity index (χ3n) is 6.60. The van der Waals surface area contributed by atoms with Crippen LogP contribution in [0.4, 0.5) is 14.7 Å². The summed E-state index contributed by atoms with van der Waals surface area (Å²) in [6.07, 6.45) is 11.6. The first-order valence-electron chi connectivity index (χ1n) is 12.0. The average Bonchev–Trinajstić information content (AvgIpc) is 3.61. The van der Waals surface area contributed by atoms with E-state index in [1.54, 1.807) is 46.4 Å². The van der Waals surface area contributed by atoms with Crippen LogP contribution in [-0.4, -0.2) is 24.1 Å². The average molecular weight is 535 g/mol. The zero-order chi connectivity index (χ0) is 26.4. The van der Waals surface area contributed by atoms with Gasteiger partial charge in [0.1, 0.15) is 11.5 Å². The summed E-state index contributed by atoms with van der Waals surface area (Å²) in [5.74, 6) is -1.48. The van der Waals surface area contributed by atoms with Crippen molar-refractivity contribution in [2.45, 2.75) is 31.8 Å². The Hall–Kier alpha value is -4.31. The molecule has 0 bridgehead atoms. The second-order valence-electron chi connectivity index (χ2n) is 8.98. The van der Waals surface area contributed by atoms with Crippen molar-refractivity contribution < 1.29 is 13.5 Å². The molecular weight excluding hydrogens is 514 g/mol. The minimum Gasteiger partial charge on any atom is -0.455 e. The summed E-state index contributed by atoms with van der Waals surface area (Å²) in [4.78, 5) is 27.2. The Morgan fingerprint density at radius 1 is 1.08 bits per heavy atom. The Morgan fingerprint density at radius 3 is 2.50 bits per heavy atom. The largest absolute Gasteiger partial charge is 0.455 e. The SMILES string of the molecule is CCn1cnc2c1c(=O)nc(N1C=CC=CC(Oc3cc(F)nc(F)c3)=C1)n2C1(c2ccc(Cl)cc2)CC1. The molecule has 6 rings (SSSR count). The highest BCUT2D eigenvalue weighted by Gasteiger charge is 2.49. The smallest absolute Gasteiger partial charge is 0.300 e. The van der Waals surface area contributed by atoms with Crippen molar-refractivity contribution in [1.29, 1.82) is 0 Å². The lowest BCUT2D eigenvalue weighted by atomic mass is 10.0. The molecule has 0 radical (unpaired) electrons. The van der Waals surface area contributed by atoms with Gasteiger partial charge in [-0.1, -0.05) is 29.8 Å². The van der Waals surface area contributed by atoms with Crippen LogP contribution in [0, 0.1) is 11.9 Å². The van der Waals surface area contributed by atoms with Crippen molar-refractivity contribution in [1.82, 2.24) is 24.1 Å². The van der Waals surface area contributed by atoms with Crippen LogP contribution in [0.25, 0.3) is 11.2 Å². The molecule has 0 N–H and O–H groups in total. The van der Waals surface area contributed by atoms with Crippen molar-refractivity contribution in [3.8, 4) is 5.75 Å². The second kappa shape index (κ2) is 9.21. The number of ether oxygens (including phenoxy) is 1. The topological polar surface area (TPSA) is 78.1 Å². The molecule has 1 saturated carbocycles. The zero-order valence-electron chi connectivity index (χ0n) is 20.2. The van der Waals surface area contributed by atoms with Gasteiger partial charge in [-0.25, -0.2) is 4.98 Å². The molecule has 0 spiro atoms. The van der Waals surface area contributed by atoms with Crippen molar-refractivity contribution in [2.24, 2.45) is 0 Å². The molecule has 0 saturated heterocycles. The summed E-state index contributed by atoms with van der Waals surface area (Å²) in [6, 6.07) is 9.58. The molecule has 1 aromatic carbocycles. The number of hydrogen-bond donors (Lipinski definition) is 0. The summed E-state index contributed by atoms with van der Waals surface area (Å²) in [5.41, 5.74) is 1.02. The molecule has 4 heterocycles. The maximum Gasteiger partial charge on any atom is 0.300 e. The van der Waals surface area contributed by atoms with Gasteiger partial charge in [-0.3, -0.25) is 14.3 Å². The van der Waals surface area contributed by atoms with E-state index in [-0.39, 0.29) is 11.5 Å². The standard InChI is InChI=1S/C27H21ClF2N6O2/c1-2-34-16-31-24-23(34)25(37)33-26(36(24)27(10-11-27)17-6-8-18(28)9-7-17)35-12-4-3-5-19(15-35)38-20-13-21(29)32-22(30)14-20/h3-9,12-16H,2,10-11H2,1H3. The van der Waals surface area contributed by atoms with E-state index in [2.05, 4.69) is 15.0 Å². The Balaban J connectivity index is 1.53. The molecule has 192 valence electrons. The first kappa shape index (κ1) is 24.1. The summed E-state index contributed by atoms with van der Waals surface area (Å²) < 4.78 is 36.8. The fraction of sp³-hybridized carbons (Fsp3) is 0.185. The van der Waals surface area contributed by atoms with E-state index in [4.69, 9.17) is 16.3 Å². The number of halogens is 3. The number of anilines is 1. The molecule has 11 heteroatoms. The van der Waals surface area contributed by atoms with E-state index in [9.17, 15) is 13.6 Å². The third-order valence-corrected chi connectivity index (χ3v) is 6.85. The van der Waals surface area contributed by atoms with Crippen molar-refractivity contribution >= 4 is 28.7 Å². The van der Waals surface area contributed by atoms with Gasteiger partial charge < -0.3 is 9.30 Å². The Labute approximate surface area is 220 Å². The lowest BCUT2D eigenvalue weighted by Gasteiger charge is -2.27. The van der Waals surface area contributed by atoms with Crippen LogP contribution in [0.5, 0.6) is 5.75 Å². The fourth-order valence-corrected chi connectivity index (χ4v) is 4.83. The Morgan fingerprint density at radius 2 is 1.82 bits per heavy atom. The number of allylic oxidation sites excluding steroid dienone is 3. The normalized spacial score (nSPS) is 16.0. The number of nitrogens with zero attached hydrogens (tertiary/aromatic N) is 6. The van der Waals surface area contributed by atoms with Crippen LogP contribution in [0.15, 0.2) is 83.9 Å². The van der Waals surface area contributed by atoms with Gasteiger partial charge in [0.2, 0.25) is 17.8 Å². The van der Waals surface area contributed by atoms with Gasteiger partial charge in [-0.05, 0) is 49.6 Å². The fourth-order valence-electron chi connectivity index (χ4n) is 4.71. The maximum absolute atomic E-state index is 13.6. The molecular formula is C27H21ClF2N6O2. The molecule has 1 fully saturated rings. The molecule has 0 amide bonds. The monoisotopic (exact) mass is 534 g/mol. The highest BCUT2D eigenvalue weighted by atomic mass is 35.5. The highest BCUT2D eigenvalue weighted by Crippen LogP contribution is 2.52. The van der Waals surface area contributed by atoms with Gasteiger partial charge in [-0.2, -0.15) is 18.7 Å². The van der Waals surface area contributed by atoms with Gasteiger partial charge in [0, 0.05) is 29.9 Å². The van der Waals surface area contributed by atoms with E-state index < -0.39 is 23.0 Å². The van der Waals surface area contributed by atoms with Crippen molar-refractivity contribution in [3.05, 3.63) is 112 Å². The van der Waals surface area contributed by atoms with Crippen molar-refractivity contribution in [3.63, 3.8) is 0 Å². The number of imidazole rings is 1. The summed E-state index contributed by atoms with van der Waals surface area (Å²) >= 11 is 6.17. The van der Waals surface area contributed by atoms with Crippen LogP contribution >= 0.6 is 11.6 Å². The second-order valence-corrected chi connectivity index (χ2v) is 9.42. The van der Waals surface area contributed by atoms with E-state index >= 15 is 0 Å². The van der Waals surface area contributed by atoms with E-state index in [1.807, 2.05) is 35.8 Å². The predicted molar refractivity (Wildman–Crippen MR) is 139 cm³/mol. The zero-order valence-corrected chi connectivity index (χ0v) is 20.9. The van der Waals surface area contributed by atoms with Gasteiger partial charge >= 0.3 is 5.56 Å². The van der Waals surface area contributed by atoms with Crippen LogP contribution in [0.2, 0.25) is 5.02 Å². The van der Waals surface area contributed by atoms with E-state index in [0.717, 1.165) is 30.5 Å².